The highest BCUT2D eigenvalue weighted by molar-refractivity contribution is 6.08. The summed E-state index contributed by atoms with van der Waals surface area (Å²) in [6.07, 6.45) is 6.03. The zero-order valence-corrected chi connectivity index (χ0v) is 16.1. The number of fused-ring (bicyclic) bond motifs is 3. The quantitative estimate of drug-likeness (QED) is 0.565. The van der Waals surface area contributed by atoms with Crippen LogP contribution in [0.1, 0.15) is 5.56 Å². The summed E-state index contributed by atoms with van der Waals surface area (Å²) in [7, 11) is 0. The van der Waals surface area contributed by atoms with Crippen molar-refractivity contribution in [1.29, 1.82) is 0 Å². The number of H-pyrrole nitrogens is 1. The highest BCUT2D eigenvalue weighted by Crippen LogP contribution is 2.29. The Morgan fingerprint density at radius 1 is 1.07 bits per heavy atom. The molecule has 5 rings (SSSR count). The van der Waals surface area contributed by atoms with Gasteiger partial charge in [0.2, 0.25) is 0 Å². The molecule has 29 heavy (non-hydrogen) atoms. The Bertz CT molecular complexity index is 1160. The van der Waals surface area contributed by atoms with Crippen molar-refractivity contribution >= 4 is 33.8 Å². The number of piperazine rings is 1. The Morgan fingerprint density at radius 3 is 2.72 bits per heavy atom. The SMILES string of the molecule is Fc1ccc2[nH]c3c(N4CC[NH+](C/C=C/c5ccccc5)CC4)ncnc3c2c1. The number of aromatic nitrogens is 3. The van der Waals surface area contributed by atoms with E-state index in [1.807, 2.05) is 6.07 Å². The van der Waals surface area contributed by atoms with Gasteiger partial charge in [-0.2, -0.15) is 0 Å². The lowest BCUT2D eigenvalue weighted by atomic mass is 10.2. The molecule has 146 valence electrons. The standard InChI is InChI=1S/C23H22FN5/c24-18-8-9-20-19(15-18)21-22(27-20)23(26-16-25-21)29-13-11-28(12-14-29)10-4-7-17-5-2-1-3-6-17/h1-9,15-16,27H,10-14H2/p+1/b7-4+. The third-order valence-electron chi connectivity index (χ3n) is 5.61. The van der Waals surface area contributed by atoms with E-state index in [1.165, 1.54) is 17.7 Å². The summed E-state index contributed by atoms with van der Waals surface area (Å²) in [4.78, 5) is 16.2. The molecule has 5 nitrogen and oxygen atoms in total. The molecule has 0 radical (unpaired) electrons. The van der Waals surface area contributed by atoms with E-state index in [0.29, 0.717) is 0 Å². The van der Waals surface area contributed by atoms with E-state index in [1.54, 1.807) is 17.3 Å². The lowest BCUT2D eigenvalue weighted by Gasteiger charge is -2.32. The van der Waals surface area contributed by atoms with Gasteiger partial charge in [0, 0.05) is 10.9 Å². The summed E-state index contributed by atoms with van der Waals surface area (Å²) in [6, 6.07) is 15.2. The second kappa shape index (κ2) is 7.64. The van der Waals surface area contributed by atoms with Gasteiger partial charge in [0.15, 0.2) is 5.82 Å². The Kier molecular flexibility index (Phi) is 4.69. The Morgan fingerprint density at radius 2 is 1.90 bits per heavy atom. The van der Waals surface area contributed by atoms with Gasteiger partial charge in [0.05, 0.1) is 32.7 Å². The summed E-state index contributed by atoms with van der Waals surface area (Å²) in [5, 5.41) is 0.805. The molecule has 0 saturated carbocycles. The van der Waals surface area contributed by atoms with E-state index in [9.17, 15) is 4.39 Å². The molecule has 0 unspecified atom stereocenters. The topological polar surface area (TPSA) is 49.2 Å². The number of benzene rings is 2. The zero-order valence-electron chi connectivity index (χ0n) is 16.1. The molecule has 1 aliphatic rings. The molecule has 0 atom stereocenters. The summed E-state index contributed by atoms with van der Waals surface area (Å²) in [6.45, 7) is 5.00. The van der Waals surface area contributed by atoms with Crippen LogP contribution in [0.2, 0.25) is 0 Å². The molecule has 0 aliphatic carbocycles. The van der Waals surface area contributed by atoms with Gasteiger partial charge in [-0.1, -0.05) is 36.4 Å². The maximum Gasteiger partial charge on any atom is 0.156 e. The van der Waals surface area contributed by atoms with Crippen molar-refractivity contribution in [3.63, 3.8) is 0 Å². The molecule has 0 amide bonds. The van der Waals surface area contributed by atoms with Crippen molar-refractivity contribution < 1.29 is 9.29 Å². The predicted molar refractivity (Wildman–Crippen MR) is 115 cm³/mol. The lowest BCUT2D eigenvalue weighted by molar-refractivity contribution is -0.894. The van der Waals surface area contributed by atoms with Gasteiger partial charge in [-0.25, -0.2) is 14.4 Å². The third kappa shape index (κ3) is 3.59. The van der Waals surface area contributed by atoms with Gasteiger partial charge in [-0.05, 0) is 29.8 Å². The maximum atomic E-state index is 13.7. The molecule has 0 bridgehead atoms. The van der Waals surface area contributed by atoms with E-state index in [-0.39, 0.29) is 5.82 Å². The Balaban J connectivity index is 1.30. The Labute approximate surface area is 168 Å². The average molecular weight is 388 g/mol. The highest BCUT2D eigenvalue weighted by atomic mass is 19.1. The number of anilines is 1. The molecular formula is C23H23FN5+. The fraction of sp³-hybridized carbons (Fsp3) is 0.217. The van der Waals surface area contributed by atoms with Gasteiger partial charge < -0.3 is 14.8 Å². The number of rotatable bonds is 4. The van der Waals surface area contributed by atoms with Gasteiger partial charge in [0.1, 0.15) is 23.2 Å². The molecule has 1 saturated heterocycles. The maximum absolute atomic E-state index is 13.7. The minimum absolute atomic E-state index is 0.251. The summed E-state index contributed by atoms with van der Waals surface area (Å²) in [5.74, 6) is 0.657. The monoisotopic (exact) mass is 388 g/mol. The van der Waals surface area contributed by atoms with Crippen LogP contribution >= 0.6 is 0 Å². The van der Waals surface area contributed by atoms with Gasteiger partial charge in [0.25, 0.3) is 0 Å². The van der Waals surface area contributed by atoms with Crippen molar-refractivity contribution in [3.05, 3.63) is 72.3 Å². The molecule has 6 heteroatoms. The van der Waals surface area contributed by atoms with Gasteiger partial charge in [-0.3, -0.25) is 0 Å². The first-order valence-electron chi connectivity index (χ1n) is 10.00. The van der Waals surface area contributed by atoms with Crippen molar-refractivity contribution in [2.75, 3.05) is 37.6 Å². The fourth-order valence-electron chi connectivity index (χ4n) is 4.06. The van der Waals surface area contributed by atoms with E-state index < -0.39 is 0 Å². The largest absolute Gasteiger partial charge is 0.350 e. The van der Waals surface area contributed by atoms with Crippen molar-refractivity contribution in [3.8, 4) is 0 Å². The van der Waals surface area contributed by atoms with E-state index in [2.05, 4.69) is 56.3 Å². The summed E-state index contributed by atoms with van der Waals surface area (Å²) < 4.78 is 13.7. The van der Waals surface area contributed by atoms with Crippen LogP contribution in [0.3, 0.4) is 0 Å². The summed E-state index contributed by atoms with van der Waals surface area (Å²) >= 11 is 0. The lowest BCUT2D eigenvalue weighted by Crippen LogP contribution is -3.14. The zero-order chi connectivity index (χ0) is 19.6. The molecule has 3 heterocycles. The van der Waals surface area contributed by atoms with Crippen molar-refractivity contribution in [2.24, 2.45) is 0 Å². The first kappa shape index (κ1) is 17.8. The van der Waals surface area contributed by atoms with E-state index >= 15 is 0 Å². The number of halogens is 1. The highest BCUT2D eigenvalue weighted by Gasteiger charge is 2.23. The average Bonchev–Trinajstić information content (AvgIpc) is 3.13. The number of aromatic amines is 1. The minimum Gasteiger partial charge on any atom is -0.350 e. The number of hydrogen-bond acceptors (Lipinski definition) is 3. The molecule has 2 aromatic heterocycles. The smallest absolute Gasteiger partial charge is 0.156 e. The number of nitrogens with one attached hydrogen (secondary N) is 2. The molecule has 2 aromatic carbocycles. The molecule has 2 N–H and O–H groups in total. The molecule has 1 fully saturated rings. The molecule has 0 spiro atoms. The van der Waals surface area contributed by atoms with Crippen LogP contribution in [-0.2, 0) is 0 Å². The predicted octanol–water partition coefficient (Wildman–Crippen LogP) is 2.67. The number of hydrogen-bond donors (Lipinski definition) is 2. The van der Waals surface area contributed by atoms with Gasteiger partial charge >= 0.3 is 0 Å². The van der Waals surface area contributed by atoms with E-state index in [0.717, 1.165) is 60.5 Å². The first-order valence-corrected chi connectivity index (χ1v) is 10.00. The molecule has 1 aliphatic heterocycles. The fourth-order valence-corrected chi connectivity index (χ4v) is 4.06. The first-order chi connectivity index (χ1) is 14.3. The Hall–Kier alpha value is -3.25. The second-order valence-corrected chi connectivity index (χ2v) is 7.49. The molecule has 4 aromatic rings. The van der Waals surface area contributed by atoms with Crippen LogP contribution < -0.4 is 9.80 Å². The van der Waals surface area contributed by atoms with Crippen LogP contribution in [0, 0.1) is 5.82 Å². The van der Waals surface area contributed by atoms with Crippen molar-refractivity contribution in [1.82, 2.24) is 15.0 Å². The van der Waals surface area contributed by atoms with Crippen LogP contribution in [0.5, 0.6) is 0 Å². The number of quaternary nitrogens is 1. The minimum atomic E-state index is -0.251. The normalized spacial score (nSPS) is 15.7. The van der Waals surface area contributed by atoms with Crippen LogP contribution in [0.15, 0.2) is 60.9 Å². The molecular weight excluding hydrogens is 365 g/mol. The third-order valence-corrected chi connectivity index (χ3v) is 5.61. The second-order valence-electron chi connectivity index (χ2n) is 7.49. The number of nitrogens with zero attached hydrogens (tertiary/aromatic N) is 3. The van der Waals surface area contributed by atoms with Gasteiger partial charge in [-0.15, -0.1) is 0 Å². The van der Waals surface area contributed by atoms with E-state index in [4.69, 9.17) is 0 Å². The van der Waals surface area contributed by atoms with Crippen LogP contribution in [0.4, 0.5) is 10.2 Å². The van der Waals surface area contributed by atoms with Crippen molar-refractivity contribution in [2.45, 2.75) is 0 Å². The van der Waals surface area contributed by atoms with Crippen LogP contribution in [0.25, 0.3) is 28.0 Å². The van der Waals surface area contributed by atoms with Crippen LogP contribution in [-0.4, -0.2) is 47.7 Å². The summed E-state index contributed by atoms with van der Waals surface area (Å²) in [5.41, 5.74) is 3.80.